The van der Waals surface area contributed by atoms with Crippen molar-refractivity contribution in [2.45, 2.75) is 13.5 Å². The van der Waals surface area contributed by atoms with E-state index >= 15 is 0 Å². The lowest BCUT2D eigenvalue weighted by atomic mass is 10.1. The molecule has 0 saturated heterocycles. The second-order valence-electron chi connectivity index (χ2n) is 5.72. The number of aromatic amines is 1. The summed E-state index contributed by atoms with van der Waals surface area (Å²) >= 11 is 4.96. The van der Waals surface area contributed by atoms with Crippen molar-refractivity contribution in [3.8, 4) is 17.0 Å². The van der Waals surface area contributed by atoms with Crippen molar-refractivity contribution >= 4 is 29.1 Å². The molecule has 1 amide bonds. The molecule has 3 aromatic rings. The predicted molar refractivity (Wildman–Crippen MR) is 105 cm³/mol. The quantitative estimate of drug-likeness (QED) is 0.586. The Balaban J connectivity index is 1.67. The highest BCUT2D eigenvalue weighted by Gasteiger charge is 2.11. The number of carbonyl (C=O) groups is 1. The molecule has 3 rings (SSSR count). The van der Waals surface area contributed by atoms with Gasteiger partial charge >= 0.3 is 0 Å². The van der Waals surface area contributed by atoms with E-state index < -0.39 is 5.82 Å². The van der Waals surface area contributed by atoms with Crippen LogP contribution in [-0.4, -0.2) is 21.2 Å². The van der Waals surface area contributed by atoms with Gasteiger partial charge in [0.05, 0.1) is 5.69 Å². The van der Waals surface area contributed by atoms with Gasteiger partial charge in [0.15, 0.2) is 10.9 Å². The van der Waals surface area contributed by atoms with Gasteiger partial charge in [-0.2, -0.15) is 5.10 Å². The Labute approximate surface area is 160 Å². The number of amides is 1. The van der Waals surface area contributed by atoms with E-state index in [1.54, 1.807) is 18.2 Å². The highest BCUT2D eigenvalue weighted by molar-refractivity contribution is 7.80. The molecular weight excluding hydrogens is 367 g/mol. The molecule has 0 aliphatic carbocycles. The minimum atomic E-state index is -0.444. The maximum atomic E-state index is 14.5. The normalized spacial score (nSPS) is 10.3. The number of thiocarbonyl (C=S) groups is 1. The maximum absolute atomic E-state index is 14.5. The van der Waals surface area contributed by atoms with Gasteiger partial charge in [-0.1, -0.05) is 30.3 Å². The summed E-state index contributed by atoms with van der Waals surface area (Å²) < 4.78 is 20.1. The molecule has 0 aliphatic heterocycles. The van der Waals surface area contributed by atoms with Gasteiger partial charge in [-0.3, -0.25) is 9.89 Å². The molecule has 0 saturated carbocycles. The van der Waals surface area contributed by atoms with Crippen LogP contribution in [0.5, 0.6) is 5.75 Å². The topological polar surface area (TPSA) is 79.0 Å². The summed E-state index contributed by atoms with van der Waals surface area (Å²) in [7, 11) is 0. The number of halogens is 1. The molecule has 0 fully saturated rings. The number of nitrogens with zero attached hydrogens (tertiary/aromatic N) is 1. The zero-order valence-corrected chi connectivity index (χ0v) is 15.3. The maximum Gasteiger partial charge on any atom is 0.222 e. The van der Waals surface area contributed by atoms with Gasteiger partial charge in [0.1, 0.15) is 18.2 Å². The van der Waals surface area contributed by atoms with Gasteiger partial charge in [-0.15, -0.1) is 0 Å². The molecule has 1 heterocycles. The predicted octanol–water partition coefficient (Wildman–Crippen LogP) is 3.63. The van der Waals surface area contributed by atoms with Crippen LogP contribution in [0.15, 0.2) is 54.6 Å². The first-order chi connectivity index (χ1) is 13.0. The lowest BCUT2D eigenvalue weighted by Crippen LogP contribution is -2.32. The number of ether oxygens (including phenoxy) is 1. The third-order valence-corrected chi connectivity index (χ3v) is 3.79. The molecular formula is C19H17FN4O2S. The van der Waals surface area contributed by atoms with Crippen molar-refractivity contribution in [2.24, 2.45) is 0 Å². The zero-order chi connectivity index (χ0) is 19.2. The van der Waals surface area contributed by atoms with Crippen molar-refractivity contribution in [1.29, 1.82) is 0 Å². The van der Waals surface area contributed by atoms with Crippen LogP contribution in [0.4, 0.5) is 10.2 Å². The van der Waals surface area contributed by atoms with E-state index in [1.807, 2.05) is 30.3 Å². The Hall–Kier alpha value is -3.26. The second kappa shape index (κ2) is 8.41. The van der Waals surface area contributed by atoms with E-state index in [1.165, 1.54) is 13.0 Å². The van der Waals surface area contributed by atoms with Crippen LogP contribution in [0, 0.1) is 5.82 Å². The highest BCUT2D eigenvalue weighted by atomic mass is 32.1. The van der Waals surface area contributed by atoms with Gasteiger partial charge < -0.3 is 15.4 Å². The van der Waals surface area contributed by atoms with E-state index in [0.29, 0.717) is 29.4 Å². The largest absolute Gasteiger partial charge is 0.489 e. The number of rotatable bonds is 5. The number of hydrogen-bond acceptors (Lipinski definition) is 4. The summed E-state index contributed by atoms with van der Waals surface area (Å²) in [4.78, 5) is 11.0. The number of hydrogen-bond donors (Lipinski definition) is 3. The Kier molecular flexibility index (Phi) is 5.77. The SMILES string of the molecule is CC(=O)NC(=S)Nc1cc(-c2ccc(OCc3ccccc3)cc2F)[nH]n1. The van der Waals surface area contributed by atoms with Crippen LogP contribution in [0.2, 0.25) is 0 Å². The number of benzene rings is 2. The van der Waals surface area contributed by atoms with Crippen LogP contribution >= 0.6 is 12.2 Å². The van der Waals surface area contributed by atoms with Crippen LogP contribution < -0.4 is 15.4 Å². The molecule has 0 spiro atoms. The summed E-state index contributed by atoms with van der Waals surface area (Å²) in [6.07, 6.45) is 0. The fourth-order valence-electron chi connectivity index (χ4n) is 2.38. The minimum absolute atomic E-state index is 0.116. The third-order valence-electron chi connectivity index (χ3n) is 3.59. The highest BCUT2D eigenvalue weighted by Crippen LogP contribution is 2.26. The number of H-pyrrole nitrogens is 1. The van der Waals surface area contributed by atoms with Gasteiger partial charge in [0.2, 0.25) is 5.91 Å². The Morgan fingerprint density at radius 2 is 2.00 bits per heavy atom. The summed E-state index contributed by atoms with van der Waals surface area (Å²) in [6, 6.07) is 15.9. The first-order valence-corrected chi connectivity index (χ1v) is 8.53. The standard InChI is InChI=1S/C19H17FN4O2S/c1-12(25)21-19(27)22-18-10-17(23-24-18)15-8-7-14(9-16(15)20)26-11-13-5-3-2-4-6-13/h2-10H,11H2,1H3,(H3,21,22,23,24,25,27). The smallest absolute Gasteiger partial charge is 0.222 e. The van der Waals surface area contributed by atoms with Crippen molar-refractivity contribution in [1.82, 2.24) is 15.5 Å². The van der Waals surface area contributed by atoms with E-state index in [-0.39, 0.29) is 11.0 Å². The molecule has 6 nitrogen and oxygen atoms in total. The average molecular weight is 384 g/mol. The molecule has 0 radical (unpaired) electrons. The summed E-state index contributed by atoms with van der Waals surface area (Å²) in [6.45, 7) is 1.71. The first kappa shape index (κ1) is 18.5. The van der Waals surface area contributed by atoms with Crippen LogP contribution in [0.1, 0.15) is 12.5 Å². The zero-order valence-electron chi connectivity index (χ0n) is 14.5. The molecule has 2 aromatic carbocycles. The molecule has 3 N–H and O–H groups in total. The fraction of sp³-hybridized carbons (Fsp3) is 0.105. The molecule has 1 aromatic heterocycles. The van der Waals surface area contributed by atoms with E-state index in [2.05, 4.69) is 20.8 Å². The van der Waals surface area contributed by atoms with Crippen molar-refractivity contribution in [3.05, 3.63) is 66.0 Å². The lowest BCUT2D eigenvalue weighted by Gasteiger charge is -2.08. The monoisotopic (exact) mass is 384 g/mol. The third kappa shape index (κ3) is 5.11. The van der Waals surface area contributed by atoms with Gasteiger partial charge in [0.25, 0.3) is 0 Å². The van der Waals surface area contributed by atoms with Crippen LogP contribution in [0.25, 0.3) is 11.3 Å². The Morgan fingerprint density at radius 1 is 1.22 bits per heavy atom. The van der Waals surface area contributed by atoms with Gasteiger partial charge in [0, 0.05) is 24.6 Å². The van der Waals surface area contributed by atoms with Gasteiger partial charge in [-0.05, 0) is 29.9 Å². The summed E-state index contributed by atoms with van der Waals surface area (Å²) in [5.74, 6) is 0.0675. The first-order valence-electron chi connectivity index (χ1n) is 8.12. The second-order valence-corrected chi connectivity index (χ2v) is 6.13. The van der Waals surface area contributed by atoms with Crippen LogP contribution in [0.3, 0.4) is 0 Å². The minimum Gasteiger partial charge on any atom is -0.489 e. The van der Waals surface area contributed by atoms with E-state index in [0.717, 1.165) is 5.56 Å². The number of nitrogens with one attached hydrogen (secondary N) is 3. The summed E-state index contributed by atoms with van der Waals surface area (Å²) in [5, 5.41) is 12.0. The van der Waals surface area contributed by atoms with Crippen molar-refractivity contribution in [3.63, 3.8) is 0 Å². The Bertz CT molecular complexity index is 959. The number of carbonyl (C=O) groups excluding carboxylic acids is 1. The van der Waals surface area contributed by atoms with Gasteiger partial charge in [-0.25, -0.2) is 4.39 Å². The molecule has 0 bridgehead atoms. The number of anilines is 1. The molecule has 138 valence electrons. The lowest BCUT2D eigenvalue weighted by molar-refractivity contribution is -0.117. The van der Waals surface area contributed by atoms with E-state index in [4.69, 9.17) is 17.0 Å². The molecule has 0 atom stereocenters. The van der Waals surface area contributed by atoms with E-state index in [9.17, 15) is 9.18 Å². The fourth-order valence-corrected chi connectivity index (χ4v) is 2.62. The summed E-state index contributed by atoms with van der Waals surface area (Å²) in [5.41, 5.74) is 1.81. The average Bonchev–Trinajstić information content (AvgIpc) is 3.08. The molecule has 8 heteroatoms. The molecule has 27 heavy (non-hydrogen) atoms. The van der Waals surface area contributed by atoms with Crippen LogP contribution in [-0.2, 0) is 11.4 Å². The number of aromatic nitrogens is 2. The molecule has 0 unspecified atom stereocenters. The molecule has 0 aliphatic rings. The Morgan fingerprint density at radius 3 is 2.70 bits per heavy atom. The van der Waals surface area contributed by atoms with Crippen molar-refractivity contribution < 1.29 is 13.9 Å². The van der Waals surface area contributed by atoms with Crippen molar-refractivity contribution in [2.75, 3.05) is 5.32 Å².